The van der Waals surface area contributed by atoms with Gasteiger partial charge in [0, 0.05) is 28.6 Å². The van der Waals surface area contributed by atoms with Gasteiger partial charge in [0.1, 0.15) is 11.6 Å². The van der Waals surface area contributed by atoms with Crippen molar-refractivity contribution >= 4 is 17.4 Å². The third-order valence-electron chi connectivity index (χ3n) is 2.89. The van der Waals surface area contributed by atoms with E-state index in [4.69, 9.17) is 16.6 Å². The van der Waals surface area contributed by atoms with Crippen LogP contribution in [0.3, 0.4) is 0 Å². The van der Waals surface area contributed by atoms with Crippen LogP contribution in [-0.4, -0.2) is 16.5 Å². The van der Waals surface area contributed by atoms with Crippen LogP contribution >= 0.6 is 11.6 Å². The van der Waals surface area contributed by atoms with Gasteiger partial charge in [-0.3, -0.25) is 0 Å². The molecular formula is C16H20ClN3. The molecule has 0 radical (unpaired) electrons. The first-order valence-electron chi connectivity index (χ1n) is 6.79. The highest BCUT2D eigenvalue weighted by molar-refractivity contribution is 6.30. The Balaban J connectivity index is 2.51. The highest BCUT2D eigenvalue weighted by Gasteiger charge is 2.19. The van der Waals surface area contributed by atoms with E-state index < -0.39 is 0 Å². The lowest BCUT2D eigenvalue weighted by Gasteiger charge is -2.19. The molecule has 0 aliphatic carbocycles. The van der Waals surface area contributed by atoms with Crippen LogP contribution in [0.25, 0.3) is 11.3 Å². The molecule has 0 aliphatic rings. The van der Waals surface area contributed by atoms with E-state index in [0.717, 1.165) is 34.5 Å². The van der Waals surface area contributed by atoms with Gasteiger partial charge in [-0.05, 0) is 19.1 Å². The molecule has 0 saturated carbocycles. The zero-order valence-electron chi connectivity index (χ0n) is 12.4. The van der Waals surface area contributed by atoms with Gasteiger partial charge in [-0.1, -0.05) is 44.5 Å². The van der Waals surface area contributed by atoms with E-state index in [2.05, 4.69) is 38.0 Å². The van der Waals surface area contributed by atoms with E-state index in [1.807, 2.05) is 30.3 Å². The molecule has 0 amide bonds. The standard InChI is InChI=1S/C16H20ClN3/c1-5-18-14-10-13(11-6-8-12(17)9-7-11)19-15(20-14)16(2,3)4/h6-10H,5H2,1-4H3,(H,18,19,20). The molecule has 0 fully saturated rings. The monoisotopic (exact) mass is 289 g/mol. The van der Waals surface area contributed by atoms with Gasteiger partial charge in [0.15, 0.2) is 0 Å². The number of benzene rings is 1. The fourth-order valence-corrected chi connectivity index (χ4v) is 1.95. The molecule has 0 unspecified atom stereocenters. The summed E-state index contributed by atoms with van der Waals surface area (Å²) in [4.78, 5) is 9.28. The lowest BCUT2D eigenvalue weighted by atomic mass is 9.95. The zero-order valence-corrected chi connectivity index (χ0v) is 13.1. The van der Waals surface area contributed by atoms with E-state index in [-0.39, 0.29) is 5.41 Å². The van der Waals surface area contributed by atoms with Crippen molar-refractivity contribution in [3.63, 3.8) is 0 Å². The molecule has 2 rings (SSSR count). The number of nitrogens with zero attached hydrogens (tertiary/aromatic N) is 2. The van der Waals surface area contributed by atoms with Crippen molar-refractivity contribution in [3.8, 4) is 11.3 Å². The number of rotatable bonds is 3. The lowest BCUT2D eigenvalue weighted by Crippen LogP contribution is -2.17. The highest BCUT2D eigenvalue weighted by Crippen LogP contribution is 2.26. The van der Waals surface area contributed by atoms with Gasteiger partial charge in [0.2, 0.25) is 0 Å². The maximum atomic E-state index is 5.94. The van der Waals surface area contributed by atoms with Crippen molar-refractivity contribution in [3.05, 3.63) is 41.2 Å². The molecule has 0 bridgehead atoms. The minimum absolute atomic E-state index is 0.0907. The Labute approximate surface area is 125 Å². The molecule has 4 heteroatoms. The van der Waals surface area contributed by atoms with Crippen LogP contribution < -0.4 is 5.32 Å². The molecule has 0 spiro atoms. The number of halogens is 1. The minimum atomic E-state index is -0.0907. The van der Waals surface area contributed by atoms with Crippen LogP contribution in [0.2, 0.25) is 5.02 Å². The van der Waals surface area contributed by atoms with Crippen molar-refractivity contribution in [1.29, 1.82) is 0 Å². The fourth-order valence-electron chi connectivity index (χ4n) is 1.82. The third-order valence-corrected chi connectivity index (χ3v) is 3.15. The number of hydrogen-bond acceptors (Lipinski definition) is 3. The van der Waals surface area contributed by atoms with Gasteiger partial charge in [0.25, 0.3) is 0 Å². The number of anilines is 1. The smallest absolute Gasteiger partial charge is 0.136 e. The molecule has 1 N–H and O–H groups in total. The maximum absolute atomic E-state index is 5.94. The fraction of sp³-hybridized carbons (Fsp3) is 0.375. The quantitative estimate of drug-likeness (QED) is 0.902. The van der Waals surface area contributed by atoms with Crippen molar-refractivity contribution in [2.24, 2.45) is 0 Å². The second-order valence-electron chi connectivity index (χ2n) is 5.75. The van der Waals surface area contributed by atoms with Crippen molar-refractivity contribution in [2.45, 2.75) is 33.1 Å². The predicted octanol–water partition coefficient (Wildman–Crippen LogP) is 4.53. The SMILES string of the molecule is CCNc1cc(-c2ccc(Cl)cc2)nc(C(C)(C)C)n1. The van der Waals surface area contributed by atoms with Crippen molar-refractivity contribution in [1.82, 2.24) is 9.97 Å². The second kappa shape index (κ2) is 5.80. The summed E-state index contributed by atoms with van der Waals surface area (Å²) in [5, 5.41) is 3.99. The Kier molecular flexibility index (Phi) is 4.29. The van der Waals surface area contributed by atoms with Crippen molar-refractivity contribution in [2.75, 3.05) is 11.9 Å². The Hall–Kier alpha value is -1.61. The molecule has 0 aliphatic heterocycles. The molecule has 0 saturated heterocycles. The maximum Gasteiger partial charge on any atom is 0.136 e. The predicted molar refractivity (Wildman–Crippen MR) is 85.3 cm³/mol. The summed E-state index contributed by atoms with van der Waals surface area (Å²) in [5.41, 5.74) is 1.87. The van der Waals surface area contributed by atoms with E-state index in [1.54, 1.807) is 0 Å². The average molecular weight is 290 g/mol. The molecule has 1 heterocycles. The average Bonchev–Trinajstić information content (AvgIpc) is 2.38. The lowest BCUT2D eigenvalue weighted by molar-refractivity contribution is 0.546. The summed E-state index contributed by atoms with van der Waals surface area (Å²) in [6, 6.07) is 9.69. The second-order valence-corrected chi connectivity index (χ2v) is 6.19. The van der Waals surface area contributed by atoms with Crippen LogP contribution in [0, 0.1) is 0 Å². The van der Waals surface area contributed by atoms with Crippen LogP contribution in [0.1, 0.15) is 33.5 Å². The van der Waals surface area contributed by atoms with E-state index in [9.17, 15) is 0 Å². The third kappa shape index (κ3) is 3.48. The Morgan fingerprint density at radius 1 is 1.10 bits per heavy atom. The molecule has 20 heavy (non-hydrogen) atoms. The summed E-state index contributed by atoms with van der Waals surface area (Å²) in [5.74, 6) is 1.69. The summed E-state index contributed by atoms with van der Waals surface area (Å²) >= 11 is 5.94. The zero-order chi connectivity index (χ0) is 14.8. The van der Waals surface area contributed by atoms with E-state index in [1.165, 1.54) is 0 Å². The number of nitrogens with one attached hydrogen (secondary N) is 1. The molecular weight excluding hydrogens is 270 g/mol. The molecule has 106 valence electrons. The van der Waals surface area contributed by atoms with Crippen LogP contribution in [-0.2, 0) is 5.41 Å². The topological polar surface area (TPSA) is 37.8 Å². The number of aromatic nitrogens is 2. The van der Waals surface area contributed by atoms with Gasteiger partial charge in [-0.2, -0.15) is 0 Å². The van der Waals surface area contributed by atoms with Crippen LogP contribution in [0.4, 0.5) is 5.82 Å². The molecule has 3 nitrogen and oxygen atoms in total. The summed E-state index contributed by atoms with van der Waals surface area (Å²) in [6.07, 6.45) is 0. The van der Waals surface area contributed by atoms with E-state index in [0.29, 0.717) is 0 Å². The minimum Gasteiger partial charge on any atom is -0.370 e. The van der Waals surface area contributed by atoms with Crippen LogP contribution in [0.5, 0.6) is 0 Å². The molecule has 2 aromatic rings. The van der Waals surface area contributed by atoms with Gasteiger partial charge in [-0.25, -0.2) is 9.97 Å². The number of hydrogen-bond donors (Lipinski definition) is 1. The van der Waals surface area contributed by atoms with E-state index >= 15 is 0 Å². The normalized spacial score (nSPS) is 11.4. The first-order chi connectivity index (χ1) is 9.40. The first-order valence-corrected chi connectivity index (χ1v) is 7.17. The summed E-state index contributed by atoms with van der Waals surface area (Å²) in [6.45, 7) is 9.23. The van der Waals surface area contributed by atoms with Gasteiger partial charge >= 0.3 is 0 Å². The highest BCUT2D eigenvalue weighted by atomic mass is 35.5. The Bertz CT molecular complexity index is 586. The van der Waals surface area contributed by atoms with Gasteiger partial charge < -0.3 is 5.32 Å². The van der Waals surface area contributed by atoms with Crippen LogP contribution in [0.15, 0.2) is 30.3 Å². The largest absolute Gasteiger partial charge is 0.370 e. The first kappa shape index (κ1) is 14.8. The van der Waals surface area contributed by atoms with Gasteiger partial charge in [0.05, 0.1) is 5.69 Å². The summed E-state index contributed by atoms with van der Waals surface area (Å²) < 4.78 is 0. The summed E-state index contributed by atoms with van der Waals surface area (Å²) in [7, 11) is 0. The van der Waals surface area contributed by atoms with Crippen molar-refractivity contribution < 1.29 is 0 Å². The molecule has 1 aromatic carbocycles. The molecule has 0 atom stereocenters. The Morgan fingerprint density at radius 3 is 2.30 bits per heavy atom. The van der Waals surface area contributed by atoms with Gasteiger partial charge in [-0.15, -0.1) is 0 Å². The molecule has 1 aromatic heterocycles. The Morgan fingerprint density at radius 2 is 1.75 bits per heavy atom.